The number of non-ortho nitro benzene ring substituents is 1. The third-order valence-electron chi connectivity index (χ3n) is 5.79. The van der Waals surface area contributed by atoms with Gasteiger partial charge in [0.2, 0.25) is 0 Å². The fourth-order valence-electron chi connectivity index (χ4n) is 4.17. The van der Waals surface area contributed by atoms with Crippen molar-refractivity contribution in [2.75, 3.05) is 0 Å². The van der Waals surface area contributed by atoms with Gasteiger partial charge in [0.05, 0.1) is 0 Å². The fraction of sp³-hybridized carbons (Fsp3) is 0.583. The quantitative estimate of drug-likeness (QED) is 0.0794. The van der Waals surface area contributed by atoms with Crippen LogP contribution in [0, 0.1) is 22.0 Å². The second-order valence-corrected chi connectivity index (χ2v) is 21.4. The van der Waals surface area contributed by atoms with Gasteiger partial charge in [-0.1, -0.05) is 0 Å². The summed E-state index contributed by atoms with van der Waals surface area (Å²) in [5.41, 5.74) is -1.20. The molecule has 0 aliphatic rings. The Morgan fingerprint density at radius 3 is 1.65 bits per heavy atom. The van der Waals surface area contributed by atoms with Crippen LogP contribution in [0.25, 0.3) is 5.57 Å². The molecule has 0 atom stereocenters. The molecule has 0 fully saturated rings. The second-order valence-electron chi connectivity index (χ2n) is 8.39. The van der Waals surface area contributed by atoms with Gasteiger partial charge < -0.3 is 0 Å². The third kappa shape index (κ3) is 9.16. The molecule has 0 aliphatic carbocycles. The van der Waals surface area contributed by atoms with E-state index in [1.165, 1.54) is 0 Å². The topological polar surface area (TPSA) is 43.1 Å². The number of alkyl halides is 6. The number of halogens is 6. The molecule has 0 aromatic heterocycles. The van der Waals surface area contributed by atoms with Crippen molar-refractivity contribution in [2.45, 2.75) is 85.0 Å². The minimum absolute atomic E-state index is 0.166. The number of rotatable bonds is 12. The number of nitro benzene ring substituents is 1. The normalized spacial score (nSPS) is 13.2. The van der Waals surface area contributed by atoms with Crippen LogP contribution in [-0.2, 0) is 0 Å². The molecule has 1 aromatic carbocycles. The molecule has 1 rings (SSSR count). The standard InChI is InChI=1S/C12H4F6NO2.3C4H9.Sn/c13-11(14,15)6-5-9(7-12(16,17)18)8-1-3-10(4-2-8)19(20)21;3*1-3-4-2;/h1-4H;3*1,3-4H2,2H3;. The average molecular weight is 598 g/mol. The predicted molar refractivity (Wildman–Crippen MR) is 125 cm³/mol. The van der Waals surface area contributed by atoms with Crippen molar-refractivity contribution in [3.8, 4) is 11.8 Å². The first kappa shape index (κ1) is 30.3. The van der Waals surface area contributed by atoms with Gasteiger partial charge in [-0.15, -0.1) is 0 Å². The number of allylic oxidation sites excluding steroid dienone is 2. The van der Waals surface area contributed by atoms with Gasteiger partial charge in [0.15, 0.2) is 0 Å². The van der Waals surface area contributed by atoms with Crippen molar-refractivity contribution in [2.24, 2.45) is 0 Å². The van der Waals surface area contributed by atoms with Crippen molar-refractivity contribution in [3.05, 3.63) is 43.5 Å². The van der Waals surface area contributed by atoms with Crippen LogP contribution in [0.15, 0.2) is 27.9 Å². The maximum absolute atomic E-state index is 14.8. The van der Waals surface area contributed by atoms with Gasteiger partial charge >= 0.3 is 201 Å². The summed E-state index contributed by atoms with van der Waals surface area (Å²) >= 11 is -4.35. The number of benzene rings is 1. The van der Waals surface area contributed by atoms with E-state index in [1.54, 1.807) is 0 Å². The average Bonchev–Trinajstić information content (AvgIpc) is 2.75. The maximum atomic E-state index is 14.8. The van der Waals surface area contributed by atoms with Gasteiger partial charge in [-0.05, 0) is 0 Å². The van der Waals surface area contributed by atoms with E-state index in [1.807, 2.05) is 26.7 Å². The van der Waals surface area contributed by atoms with E-state index >= 15 is 0 Å². The van der Waals surface area contributed by atoms with Crippen molar-refractivity contribution >= 4 is 29.6 Å². The number of hydrogen-bond acceptors (Lipinski definition) is 2. The number of hydrogen-bond donors (Lipinski definition) is 0. The monoisotopic (exact) mass is 599 g/mol. The number of nitro groups is 1. The molecular formula is C24H31F6NO2Sn. The molecule has 10 heteroatoms. The molecule has 0 aliphatic heterocycles. The van der Waals surface area contributed by atoms with E-state index in [9.17, 15) is 36.5 Å². The van der Waals surface area contributed by atoms with E-state index in [-0.39, 0.29) is 11.3 Å². The van der Waals surface area contributed by atoms with E-state index in [0.29, 0.717) is 51.8 Å². The van der Waals surface area contributed by atoms with Crippen LogP contribution in [0.5, 0.6) is 0 Å². The fourth-order valence-corrected chi connectivity index (χ4v) is 21.1. The van der Waals surface area contributed by atoms with Gasteiger partial charge in [-0.25, -0.2) is 0 Å². The summed E-state index contributed by atoms with van der Waals surface area (Å²) in [7, 11) is 0. The number of unbranched alkanes of at least 4 members (excludes halogenated alkanes) is 3. The Morgan fingerprint density at radius 1 is 0.882 bits per heavy atom. The molecule has 0 spiro atoms. The van der Waals surface area contributed by atoms with Gasteiger partial charge in [0, 0.05) is 0 Å². The molecule has 0 N–H and O–H groups in total. The zero-order valence-electron chi connectivity index (χ0n) is 19.7. The first-order valence-electron chi connectivity index (χ1n) is 11.5. The Labute approximate surface area is 201 Å². The molecular weight excluding hydrogens is 567 g/mol. The molecule has 0 radical (unpaired) electrons. The Balaban J connectivity index is 4.07. The second kappa shape index (κ2) is 13.4. The van der Waals surface area contributed by atoms with Crippen molar-refractivity contribution < 1.29 is 31.3 Å². The predicted octanol–water partition coefficient (Wildman–Crippen LogP) is 8.86. The minimum atomic E-state index is -4.98. The van der Waals surface area contributed by atoms with Crippen LogP contribution in [0.2, 0.25) is 13.3 Å². The first-order valence-corrected chi connectivity index (χ1v) is 19.0. The first-order chi connectivity index (χ1) is 15.8. The summed E-state index contributed by atoms with van der Waals surface area (Å²) in [6.45, 7) is 5.65. The molecule has 0 saturated heterocycles. The van der Waals surface area contributed by atoms with Crippen LogP contribution in [-0.4, -0.2) is 35.7 Å². The van der Waals surface area contributed by atoms with E-state index < -0.39 is 44.8 Å². The Hall–Kier alpha value is -1.70. The molecule has 0 saturated carbocycles. The summed E-state index contributed by atoms with van der Waals surface area (Å²) in [6, 6.07) is 4.14. The summed E-state index contributed by atoms with van der Waals surface area (Å²) in [5.74, 6) is 2.88. The molecule has 34 heavy (non-hydrogen) atoms. The Bertz CT molecular complexity index is 873. The van der Waals surface area contributed by atoms with Gasteiger partial charge in [-0.3, -0.25) is 0 Å². The van der Waals surface area contributed by atoms with Crippen molar-refractivity contribution in [3.63, 3.8) is 0 Å². The molecule has 0 unspecified atom stereocenters. The zero-order chi connectivity index (χ0) is 26.0. The summed E-state index contributed by atoms with van der Waals surface area (Å²) in [6.07, 6.45) is -6.05. The van der Waals surface area contributed by atoms with E-state index in [4.69, 9.17) is 0 Å². The SMILES string of the molecule is CCC[CH2][Sn]([CH2]CCC)([CH2]CCC)/[C](=C(\C#CC(F)(F)F)c1ccc([N+](=O)[O-])cc1)C(F)(F)F. The Kier molecular flexibility index (Phi) is 12.0. The molecule has 190 valence electrons. The van der Waals surface area contributed by atoms with E-state index in [0.717, 1.165) is 30.2 Å². The summed E-state index contributed by atoms with van der Waals surface area (Å²) in [4.78, 5) is 10.3. The molecule has 0 bridgehead atoms. The number of nitrogens with zero attached hydrogens (tertiary/aromatic N) is 1. The van der Waals surface area contributed by atoms with Crippen molar-refractivity contribution in [1.29, 1.82) is 0 Å². The van der Waals surface area contributed by atoms with Crippen LogP contribution >= 0.6 is 0 Å². The van der Waals surface area contributed by atoms with Crippen molar-refractivity contribution in [1.82, 2.24) is 0 Å². The molecule has 1 aromatic rings. The van der Waals surface area contributed by atoms with Crippen LogP contribution in [0.3, 0.4) is 0 Å². The molecule has 0 amide bonds. The summed E-state index contributed by atoms with van der Waals surface area (Å²) < 4.78 is 83.7. The van der Waals surface area contributed by atoms with Gasteiger partial charge in [0.25, 0.3) is 0 Å². The zero-order valence-corrected chi connectivity index (χ0v) is 22.6. The van der Waals surface area contributed by atoms with Gasteiger partial charge in [-0.2, -0.15) is 0 Å². The van der Waals surface area contributed by atoms with Crippen LogP contribution in [0.4, 0.5) is 32.0 Å². The third-order valence-corrected chi connectivity index (χ3v) is 21.6. The molecule has 3 nitrogen and oxygen atoms in total. The summed E-state index contributed by atoms with van der Waals surface area (Å²) in [5, 5.41) is 11.0. The Morgan fingerprint density at radius 2 is 1.32 bits per heavy atom. The van der Waals surface area contributed by atoms with E-state index in [2.05, 4.69) is 0 Å². The van der Waals surface area contributed by atoms with Gasteiger partial charge in [0.1, 0.15) is 0 Å². The van der Waals surface area contributed by atoms with Crippen LogP contribution < -0.4 is 0 Å². The molecule has 0 heterocycles. The van der Waals surface area contributed by atoms with Crippen LogP contribution in [0.1, 0.15) is 64.9 Å².